The van der Waals surface area contributed by atoms with E-state index >= 15 is 0 Å². The molecule has 0 saturated carbocycles. The average molecular weight is 392 g/mol. The normalized spacial score (nSPS) is 30.0. The summed E-state index contributed by atoms with van der Waals surface area (Å²) >= 11 is 0. The van der Waals surface area contributed by atoms with E-state index in [4.69, 9.17) is 0 Å². The minimum absolute atomic E-state index is 0.000669. The lowest BCUT2D eigenvalue weighted by molar-refractivity contribution is 0.0779. The van der Waals surface area contributed by atoms with Crippen molar-refractivity contribution < 1.29 is 13.2 Å². The molecule has 0 aromatic heterocycles. The van der Waals surface area contributed by atoms with Crippen molar-refractivity contribution in [1.29, 1.82) is 0 Å². The highest BCUT2D eigenvalue weighted by molar-refractivity contribution is 7.92. The first kappa shape index (κ1) is 18.7. The first-order valence-electron chi connectivity index (χ1n) is 9.89. The highest BCUT2D eigenvalue weighted by atomic mass is 32.2. The maximum Gasteiger partial charge on any atom is 0.253 e. The number of amides is 1. The molecule has 1 aromatic rings. The molecular formula is C20H29N3O3S. The van der Waals surface area contributed by atoms with Crippen LogP contribution in [0.5, 0.6) is 0 Å². The Labute approximate surface area is 162 Å². The fourth-order valence-electron chi connectivity index (χ4n) is 4.88. The topological polar surface area (TPSA) is 60.9 Å². The Morgan fingerprint density at radius 3 is 2.33 bits per heavy atom. The van der Waals surface area contributed by atoms with Crippen LogP contribution in [0.2, 0.25) is 0 Å². The SMILES string of the molecule is CN(C)[C@H]1CS(=O)(=O)[C@H]2CN(C(=O)c3ccc(N4CCCCC4)cc3)C[C@@H]12. The second-order valence-corrected chi connectivity index (χ2v) is 10.6. The Morgan fingerprint density at radius 1 is 1.04 bits per heavy atom. The third kappa shape index (κ3) is 3.47. The molecule has 3 heterocycles. The number of likely N-dealkylation sites (tertiary alicyclic amines) is 1. The van der Waals surface area contributed by atoms with Crippen LogP contribution >= 0.6 is 0 Å². The van der Waals surface area contributed by atoms with Crippen LogP contribution in [0, 0.1) is 5.92 Å². The van der Waals surface area contributed by atoms with Gasteiger partial charge < -0.3 is 14.7 Å². The first-order chi connectivity index (χ1) is 12.9. The van der Waals surface area contributed by atoms with Crippen molar-refractivity contribution in [2.75, 3.05) is 50.9 Å². The van der Waals surface area contributed by atoms with Gasteiger partial charge in [-0.1, -0.05) is 0 Å². The number of hydrogen-bond acceptors (Lipinski definition) is 5. The molecule has 3 saturated heterocycles. The van der Waals surface area contributed by atoms with E-state index in [1.165, 1.54) is 24.9 Å². The fraction of sp³-hybridized carbons (Fsp3) is 0.650. The Balaban J connectivity index is 1.47. The predicted octanol–water partition coefficient (Wildman–Crippen LogP) is 1.48. The van der Waals surface area contributed by atoms with Gasteiger partial charge >= 0.3 is 0 Å². The molecule has 27 heavy (non-hydrogen) atoms. The molecule has 3 aliphatic heterocycles. The first-order valence-corrected chi connectivity index (χ1v) is 11.6. The van der Waals surface area contributed by atoms with Gasteiger partial charge in [0.05, 0.1) is 11.0 Å². The summed E-state index contributed by atoms with van der Waals surface area (Å²) in [6.45, 7) is 3.00. The lowest BCUT2D eigenvalue weighted by Gasteiger charge is -2.29. The number of fused-ring (bicyclic) bond motifs is 1. The van der Waals surface area contributed by atoms with E-state index in [-0.39, 0.29) is 23.6 Å². The van der Waals surface area contributed by atoms with Crippen molar-refractivity contribution >= 4 is 21.4 Å². The maximum absolute atomic E-state index is 13.0. The van der Waals surface area contributed by atoms with E-state index in [9.17, 15) is 13.2 Å². The Bertz CT molecular complexity index is 800. The van der Waals surface area contributed by atoms with Crippen LogP contribution in [0.3, 0.4) is 0 Å². The highest BCUT2D eigenvalue weighted by Gasteiger charge is 2.53. The molecule has 0 bridgehead atoms. The van der Waals surface area contributed by atoms with E-state index in [0.717, 1.165) is 13.1 Å². The molecule has 0 aliphatic carbocycles. The molecular weight excluding hydrogens is 362 g/mol. The summed E-state index contributed by atoms with van der Waals surface area (Å²) in [5.41, 5.74) is 1.81. The second kappa shape index (κ2) is 7.09. The number of anilines is 1. The van der Waals surface area contributed by atoms with Gasteiger partial charge in [0.2, 0.25) is 0 Å². The molecule has 1 amide bonds. The Kier molecular flexibility index (Phi) is 4.93. The van der Waals surface area contributed by atoms with Gasteiger partial charge in [-0.15, -0.1) is 0 Å². The standard InChI is InChI=1S/C20H29N3O3S/c1-21(2)18-14-27(25,26)19-13-23(12-17(18)19)20(24)15-6-8-16(9-7-15)22-10-4-3-5-11-22/h6-9,17-19H,3-5,10-14H2,1-2H3/t17-,18-,19-/m0/s1. The number of benzene rings is 1. The monoisotopic (exact) mass is 391 g/mol. The molecule has 3 atom stereocenters. The molecule has 0 spiro atoms. The quantitative estimate of drug-likeness (QED) is 0.781. The number of rotatable bonds is 3. The third-order valence-electron chi connectivity index (χ3n) is 6.45. The van der Waals surface area contributed by atoms with Crippen molar-refractivity contribution in [1.82, 2.24) is 9.80 Å². The summed E-state index contributed by atoms with van der Waals surface area (Å²) in [6.07, 6.45) is 3.73. The zero-order chi connectivity index (χ0) is 19.2. The molecule has 3 fully saturated rings. The van der Waals surface area contributed by atoms with Gasteiger partial charge in [-0.25, -0.2) is 8.42 Å². The molecule has 6 nitrogen and oxygen atoms in total. The van der Waals surface area contributed by atoms with Crippen molar-refractivity contribution in [3.05, 3.63) is 29.8 Å². The summed E-state index contributed by atoms with van der Waals surface area (Å²) in [6, 6.07) is 7.82. The molecule has 148 valence electrons. The smallest absolute Gasteiger partial charge is 0.253 e. The summed E-state index contributed by atoms with van der Waals surface area (Å²) < 4.78 is 25.0. The molecule has 4 rings (SSSR count). The number of sulfone groups is 1. The van der Waals surface area contributed by atoms with Crippen LogP contribution < -0.4 is 4.90 Å². The average Bonchev–Trinajstić information content (AvgIpc) is 3.21. The largest absolute Gasteiger partial charge is 0.372 e. The van der Waals surface area contributed by atoms with Crippen molar-refractivity contribution in [3.8, 4) is 0 Å². The van der Waals surface area contributed by atoms with Crippen molar-refractivity contribution in [2.45, 2.75) is 30.6 Å². The molecule has 0 unspecified atom stereocenters. The van der Waals surface area contributed by atoms with Gasteiger partial charge in [0.15, 0.2) is 9.84 Å². The van der Waals surface area contributed by atoms with Crippen LogP contribution in [0.1, 0.15) is 29.6 Å². The summed E-state index contributed by atoms with van der Waals surface area (Å²) in [5, 5.41) is -0.415. The fourth-order valence-corrected chi connectivity index (χ4v) is 7.36. The van der Waals surface area contributed by atoms with Crippen LogP contribution in [-0.2, 0) is 9.84 Å². The number of piperidine rings is 1. The van der Waals surface area contributed by atoms with E-state index in [1.807, 2.05) is 43.3 Å². The van der Waals surface area contributed by atoms with Gasteiger partial charge in [0.1, 0.15) is 0 Å². The predicted molar refractivity (Wildman–Crippen MR) is 107 cm³/mol. The lowest BCUT2D eigenvalue weighted by Crippen LogP contribution is -2.38. The lowest BCUT2D eigenvalue weighted by atomic mass is 10.00. The van der Waals surface area contributed by atoms with Gasteiger partial charge in [0, 0.05) is 49.4 Å². The van der Waals surface area contributed by atoms with Crippen LogP contribution in [0.15, 0.2) is 24.3 Å². The summed E-state index contributed by atoms with van der Waals surface area (Å²) in [5.74, 6) is 0.172. The molecule has 0 N–H and O–H groups in total. The number of nitrogens with zero attached hydrogens (tertiary/aromatic N) is 3. The maximum atomic E-state index is 13.0. The molecule has 1 aromatic carbocycles. The minimum atomic E-state index is -3.13. The van der Waals surface area contributed by atoms with Gasteiger partial charge in [-0.05, 0) is 57.6 Å². The third-order valence-corrected chi connectivity index (χ3v) is 8.68. The molecule has 7 heteroatoms. The van der Waals surface area contributed by atoms with Crippen LogP contribution in [-0.4, -0.2) is 81.4 Å². The number of hydrogen-bond donors (Lipinski definition) is 0. The van der Waals surface area contributed by atoms with E-state index < -0.39 is 15.1 Å². The number of carbonyl (C=O) groups is 1. The Morgan fingerprint density at radius 2 is 1.70 bits per heavy atom. The van der Waals surface area contributed by atoms with E-state index in [2.05, 4.69) is 4.90 Å². The van der Waals surface area contributed by atoms with Gasteiger partial charge in [0.25, 0.3) is 5.91 Å². The van der Waals surface area contributed by atoms with E-state index in [0.29, 0.717) is 18.7 Å². The minimum Gasteiger partial charge on any atom is -0.372 e. The van der Waals surface area contributed by atoms with Crippen molar-refractivity contribution in [2.24, 2.45) is 5.92 Å². The molecule has 3 aliphatic rings. The van der Waals surface area contributed by atoms with Crippen LogP contribution in [0.4, 0.5) is 5.69 Å². The Hall–Kier alpha value is -1.60. The van der Waals surface area contributed by atoms with E-state index in [1.54, 1.807) is 4.90 Å². The zero-order valence-corrected chi connectivity index (χ0v) is 17.0. The van der Waals surface area contributed by atoms with Crippen LogP contribution in [0.25, 0.3) is 0 Å². The highest BCUT2D eigenvalue weighted by Crippen LogP contribution is 2.36. The van der Waals surface area contributed by atoms with Gasteiger partial charge in [-0.2, -0.15) is 0 Å². The second-order valence-electron chi connectivity index (χ2n) is 8.37. The zero-order valence-electron chi connectivity index (χ0n) is 16.2. The summed E-state index contributed by atoms with van der Waals surface area (Å²) in [7, 11) is 0.716. The van der Waals surface area contributed by atoms with Crippen molar-refractivity contribution in [3.63, 3.8) is 0 Å². The van der Waals surface area contributed by atoms with Gasteiger partial charge in [-0.3, -0.25) is 4.79 Å². The summed E-state index contributed by atoms with van der Waals surface area (Å²) in [4.78, 5) is 19.0. The number of carbonyl (C=O) groups excluding carboxylic acids is 1. The molecule has 0 radical (unpaired) electrons.